The van der Waals surface area contributed by atoms with E-state index in [4.69, 9.17) is 0 Å². The van der Waals surface area contributed by atoms with E-state index >= 15 is 0 Å². The van der Waals surface area contributed by atoms with Gasteiger partial charge < -0.3 is 15.1 Å². The van der Waals surface area contributed by atoms with Gasteiger partial charge in [0.2, 0.25) is 11.8 Å². The van der Waals surface area contributed by atoms with Gasteiger partial charge in [-0.3, -0.25) is 23.9 Å². The van der Waals surface area contributed by atoms with Crippen LogP contribution in [0.2, 0.25) is 0 Å². The number of piperazine rings is 1. The van der Waals surface area contributed by atoms with E-state index in [-0.39, 0.29) is 57.4 Å². The maximum absolute atomic E-state index is 13.3. The van der Waals surface area contributed by atoms with Crippen molar-refractivity contribution in [1.29, 1.82) is 0 Å². The highest BCUT2D eigenvalue weighted by molar-refractivity contribution is 7.98. The Balaban J connectivity index is 1.27. The molecule has 4 heterocycles. The summed E-state index contributed by atoms with van der Waals surface area (Å²) in [6.45, 7) is 0.564. The fourth-order valence-corrected chi connectivity index (χ4v) is 5.28. The van der Waals surface area contributed by atoms with Gasteiger partial charge in [-0.15, -0.1) is 0 Å². The Hall–Kier alpha value is -3.29. The molecular weight excluding hydrogens is 501 g/mol. The van der Waals surface area contributed by atoms with Crippen LogP contribution < -0.4 is 21.5 Å². The van der Waals surface area contributed by atoms with Crippen molar-refractivity contribution in [2.45, 2.75) is 31.3 Å². The number of halogens is 3. The number of hydrogen-bond donors (Lipinski definition) is 2. The molecule has 0 saturated carbocycles. The van der Waals surface area contributed by atoms with E-state index in [9.17, 15) is 32.3 Å². The lowest BCUT2D eigenvalue weighted by Gasteiger charge is -2.36. The van der Waals surface area contributed by atoms with Crippen molar-refractivity contribution in [3.8, 4) is 0 Å². The molecule has 0 aromatic carbocycles. The number of H-pyrrole nitrogens is 1. The van der Waals surface area contributed by atoms with E-state index < -0.39 is 28.9 Å². The quantitative estimate of drug-likeness (QED) is 0.566. The minimum Gasteiger partial charge on any atom is -0.353 e. The summed E-state index contributed by atoms with van der Waals surface area (Å²) in [6.07, 6.45) is -2.71. The zero-order valence-corrected chi connectivity index (χ0v) is 20.1. The Labute approximate surface area is 207 Å². The molecule has 0 radical (unpaired) electrons. The standard InChI is InChI=1S/C22H25F3N6O4S/c23-22(24,25)15-2-1-5-26-19(15)30-9-7-29(8-10-30)18(33)12-27-17(32)3-6-31-16-4-11-36-13-14(16)20(34)28-21(31)35/h1-2,5H,3-4,6-13H2,(H,27,32)(H,28,34,35). The van der Waals surface area contributed by atoms with E-state index in [1.807, 2.05) is 0 Å². The van der Waals surface area contributed by atoms with Crippen molar-refractivity contribution in [2.24, 2.45) is 0 Å². The fraction of sp³-hybridized carbons (Fsp3) is 0.500. The van der Waals surface area contributed by atoms with Gasteiger partial charge in [0.1, 0.15) is 5.82 Å². The number of pyridine rings is 1. The summed E-state index contributed by atoms with van der Waals surface area (Å²) in [5.41, 5.74) is -0.585. The van der Waals surface area contributed by atoms with Crippen LogP contribution in [0.3, 0.4) is 0 Å². The molecule has 2 N–H and O–H groups in total. The minimum absolute atomic E-state index is 0.0491. The maximum atomic E-state index is 13.3. The number of hydrogen-bond acceptors (Lipinski definition) is 7. The number of amides is 2. The number of nitrogens with zero attached hydrogens (tertiary/aromatic N) is 4. The smallest absolute Gasteiger partial charge is 0.353 e. The molecular formula is C22H25F3N6O4S. The number of thioether (sulfide) groups is 1. The van der Waals surface area contributed by atoms with Crippen LogP contribution in [0.4, 0.5) is 19.0 Å². The summed E-state index contributed by atoms with van der Waals surface area (Å²) < 4.78 is 41.2. The van der Waals surface area contributed by atoms with Gasteiger partial charge in [0.05, 0.1) is 12.1 Å². The highest BCUT2D eigenvalue weighted by Gasteiger charge is 2.36. The molecule has 1 saturated heterocycles. The van der Waals surface area contributed by atoms with Crippen LogP contribution in [-0.4, -0.2) is 69.7 Å². The first kappa shape index (κ1) is 25.8. The maximum Gasteiger partial charge on any atom is 0.419 e. The molecule has 2 aromatic rings. The van der Waals surface area contributed by atoms with Gasteiger partial charge in [0, 0.05) is 62.4 Å². The number of aromatic nitrogens is 3. The predicted molar refractivity (Wildman–Crippen MR) is 127 cm³/mol. The van der Waals surface area contributed by atoms with E-state index in [1.54, 1.807) is 11.8 Å². The molecule has 14 heteroatoms. The molecule has 0 unspecified atom stereocenters. The van der Waals surface area contributed by atoms with Crippen molar-refractivity contribution < 1.29 is 22.8 Å². The molecule has 10 nitrogen and oxygen atoms in total. The van der Waals surface area contributed by atoms with Crippen LogP contribution in [0.5, 0.6) is 0 Å². The van der Waals surface area contributed by atoms with Crippen LogP contribution >= 0.6 is 11.8 Å². The molecule has 2 aliphatic heterocycles. The molecule has 2 aliphatic rings. The van der Waals surface area contributed by atoms with Gasteiger partial charge in [-0.2, -0.15) is 24.9 Å². The number of aromatic amines is 1. The Morgan fingerprint density at radius 3 is 2.64 bits per heavy atom. The first-order valence-corrected chi connectivity index (χ1v) is 12.5. The average molecular weight is 527 g/mol. The number of carbonyl (C=O) groups is 2. The van der Waals surface area contributed by atoms with Crippen molar-refractivity contribution in [1.82, 2.24) is 24.8 Å². The normalized spacial score (nSPS) is 16.0. The third kappa shape index (κ3) is 5.74. The van der Waals surface area contributed by atoms with Crippen molar-refractivity contribution >= 4 is 29.4 Å². The monoisotopic (exact) mass is 526 g/mol. The Morgan fingerprint density at radius 2 is 1.92 bits per heavy atom. The van der Waals surface area contributed by atoms with Gasteiger partial charge in [-0.25, -0.2) is 9.78 Å². The van der Waals surface area contributed by atoms with Gasteiger partial charge in [-0.05, 0) is 24.3 Å². The topological polar surface area (TPSA) is 120 Å². The number of anilines is 1. The Bertz CT molecular complexity index is 1250. The lowest BCUT2D eigenvalue weighted by atomic mass is 10.2. The highest BCUT2D eigenvalue weighted by Crippen LogP contribution is 2.35. The van der Waals surface area contributed by atoms with Crippen LogP contribution in [0.15, 0.2) is 27.9 Å². The first-order chi connectivity index (χ1) is 17.1. The molecule has 0 spiro atoms. The molecule has 4 rings (SSSR count). The average Bonchev–Trinajstić information content (AvgIpc) is 2.86. The van der Waals surface area contributed by atoms with Crippen molar-refractivity contribution in [3.05, 3.63) is 56.0 Å². The van der Waals surface area contributed by atoms with Crippen molar-refractivity contribution in [2.75, 3.05) is 43.4 Å². The summed E-state index contributed by atoms with van der Waals surface area (Å²) in [5, 5.41) is 2.54. The van der Waals surface area contributed by atoms with Gasteiger partial charge >= 0.3 is 11.9 Å². The molecule has 194 valence electrons. The van der Waals surface area contributed by atoms with Crippen LogP contribution in [0, 0.1) is 0 Å². The number of nitrogens with one attached hydrogen (secondary N) is 2. The summed E-state index contributed by atoms with van der Waals surface area (Å²) >= 11 is 1.60. The van der Waals surface area contributed by atoms with Gasteiger partial charge in [0.25, 0.3) is 5.56 Å². The predicted octanol–water partition coefficient (Wildman–Crippen LogP) is 0.595. The van der Waals surface area contributed by atoms with E-state index in [1.165, 1.54) is 26.6 Å². The van der Waals surface area contributed by atoms with Crippen LogP contribution in [0.1, 0.15) is 23.2 Å². The van der Waals surface area contributed by atoms with Gasteiger partial charge in [0.15, 0.2) is 0 Å². The van der Waals surface area contributed by atoms with E-state index in [0.29, 0.717) is 23.4 Å². The number of fused-ring (bicyclic) bond motifs is 1. The third-order valence-corrected chi connectivity index (χ3v) is 7.15. The fourth-order valence-electron chi connectivity index (χ4n) is 4.30. The molecule has 2 amide bonds. The third-order valence-electron chi connectivity index (χ3n) is 6.17. The largest absolute Gasteiger partial charge is 0.419 e. The SMILES string of the molecule is O=C(CCn1c2c(c(=O)[nH]c1=O)CSCC2)NCC(=O)N1CCN(c2ncccc2C(F)(F)F)CC1. The molecule has 36 heavy (non-hydrogen) atoms. The van der Waals surface area contributed by atoms with Crippen LogP contribution in [0.25, 0.3) is 0 Å². The zero-order chi connectivity index (χ0) is 25.9. The number of carbonyl (C=O) groups excluding carboxylic acids is 2. The lowest BCUT2D eigenvalue weighted by molar-refractivity contribution is -0.137. The molecule has 0 bridgehead atoms. The zero-order valence-electron chi connectivity index (χ0n) is 19.3. The summed E-state index contributed by atoms with van der Waals surface area (Å²) in [4.78, 5) is 58.2. The van der Waals surface area contributed by atoms with Gasteiger partial charge in [-0.1, -0.05) is 0 Å². The summed E-state index contributed by atoms with van der Waals surface area (Å²) in [5.74, 6) is 0.347. The Morgan fingerprint density at radius 1 is 1.17 bits per heavy atom. The minimum atomic E-state index is -4.53. The Kier molecular flexibility index (Phi) is 7.71. The van der Waals surface area contributed by atoms with Crippen LogP contribution in [-0.2, 0) is 34.5 Å². The molecule has 2 aromatic heterocycles. The summed E-state index contributed by atoms with van der Waals surface area (Å²) in [6, 6.07) is 2.21. The summed E-state index contributed by atoms with van der Waals surface area (Å²) in [7, 11) is 0. The lowest BCUT2D eigenvalue weighted by Crippen LogP contribution is -2.51. The molecule has 1 fully saturated rings. The second-order valence-electron chi connectivity index (χ2n) is 8.41. The highest BCUT2D eigenvalue weighted by atomic mass is 32.2. The van der Waals surface area contributed by atoms with E-state index in [2.05, 4.69) is 15.3 Å². The van der Waals surface area contributed by atoms with Crippen molar-refractivity contribution in [3.63, 3.8) is 0 Å². The molecule has 0 aliphatic carbocycles. The first-order valence-electron chi connectivity index (χ1n) is 11.4. The number of alkyl halides is 3. The van der Waals surface area contributed by atoms with E-state index in [0.717, 1.165) is 11.8 Å². The second kappa shape index (κ2) is 10.8. The molecule has 0 atom stereocenters. The number of rotatable bonds is 6. The second-order valence-corrected chi connectivity index (χ2v) is 9.51.